The van der Waals surface area contributed by atoms with E-state index in [9.17, 15) is 0 Å². The summed E-state index contributed by atoms with van der Waals surface area (Å²) in [6.07, 6.45) is 0. The number of aryl methyl sites for hydroxylation is 1. The summed E-state index contributed by atoms with van der Waals surface area (Å²) >= 11 is 1.49. The van der Waals surface area contributed by atoms with E-state index in [0.717, 1.165) is 27.6 Å². The third-order valence-corrected chi connectivity index (χ3v) is 3.77. The first-order valence-electron chi connectivity index (χ1n) is 5.95. The highest BCUT2D eigenvalue weighted by atomic mass is 32.1. The second kappa shape index (κ2) is 5.90. The number of aromatic nitrogens is 1. The lowest BCUT2D eigenvalue weighted by Gasteiger charge is -2.12. The van der Waals surface area contributed by atoms with E-state index in [1.54, 1.807) is 7.11 Å². The Morgan fingerprint density at radius 2 is 2.21 bits per heavy atom. The van der Waals surface area contributed by atoms with Crippen LogP contribution >= 0.6 is 11.3 Å². The van der Waals surface area contributed by atoms with E-state index in [2.05, 4.69) is 10.4 Å². The minimum Gasteiger partial charge on any atom is -0.492 e. The van der Waals surface area contributed by atoms with Gasteiger partial charge in [0.1, 0.15) is 0 Å². The quantitative estimate of drug-likeness (QED) is 0.650. The van der Waals surface area contributed by atoms with Crippen molar-refractivity contribution in [3.05, 3.63) is 23.9 Å². The molecule has 1 aromatic heterocycles. The predicted octanol–water partition coefficient (Wildman–Crippen LogP) is 2.81. The number of nitrogen functional groups attached to an aromatic ring is 1. The Morgan fingerprint density at radius 1 is 1.42 bits per heavy atom. The molecule has 0 atom stereocenters. The molecule has 0 unspecified atom stereocenters. The number of hydrazine groups is 1. The number of para-hydroxylation sites is 1. The van der Waals surface area contributed by atoms with Crippen LogP contribution in [0.3, 0.4) is 0 Å². The molecule has 0 saturated carbocycles. The summed E-state index contributed by atoms with van der Waals surface area (Å²) in [5.74, 6) is 6.86. The summed E-state index contributed by atoms with van der Waals surface area (Å²) in [5.41, 5.74) is 4.44. The van der Waals surface area contributed by atoms with Crippen LogP contribution in [0.4, 0.5) is 5.13 Å². The molecule has 0 spiro atoms. The average molecular weight is 279 g/mol. The van der Waals surface area contributed by atoms with Crippen molar-refractivity contribution < 1.29 is 9.47 Å². The van der Waals surface area contributed by atoms with Crippen molar-refractivity contribution in [2.75, 3.05) is 19.1 Å². The Hall–Kier alpha value is -1.79. The molecule has 1 heterocycles. The van der Waals surface area contributed by atoms with Gasteiger partial charge in [-0.25, -0.2) is 10.8 Å². The van der Waals surface area contributed by atoms with Gasteiger partial charge in [-0.1, -0.05) is 17.4 Å². The van der Waals surface area contributed by atoms with Crippen LogP contribution in [-0.2, 0) is 0 Å². The van der Waals surface area contributed by atoms with E-state index in [4.69, 9.17) is 15.3 Å². The van der Waals surface area contributed by atoms with Crippen LogP contribution in [0.15, 0.2) is 18.2 Å². The van der Waals surface area contributed by atoms with Crippen molar-refractivity contribution >= 4 is 16.5 Å². The fraction of sp³-hybridized carbons (Fsp3) is 0.308. The van der Waals surface area contributed by atoms with Crippen molar-refractivity contribution in [2.24, 2.45) is 5.84 Å². The van der Waals surface area contributed by atoms with E-state index < -0.39 is 0 Å². The molecule has 1 aromatic carbocycles. The number of rotatable bonds is 5. The Morgan fingerprint density at radius 3 is 2.79 bits per heavy atom. The zero-order valence-corrected chi connectivity index (χ0v) is 12.0. The zero-order chi connectivity index (χ0) is 13.8. The number of benzene rings is 1. The molecule has 0 aliphatic rings. The van der Waals surface area contributed by atoms with Crippen LogP contribution in [0.2, 0.25) is 0 Å². The molecule has 0 aliphatic heterocycles. The van der Waals surface area contributed by atoms with Crippen molar-refractivity contribution in [3.8, 4) is 21.9 Å². The van der Waals surface area contributed by atoms with E-state index in [-0.39, 0.29) is 0 Å². The molecule has 6 heteroatoms. The van der Waals surface area contributed by atoms with Gasteiger partial charge in [0.05, 0.1) is 24.3 Å². The number of hydrogen-bond acceptors (Lipinski definition) is 6. The number of thiazole rings is 1. The average Bonchev–Trinajstić information content (AvgIpc) is 2.80. The lowest BCUT2D eigenvalue weighted by molar-refractivity contribution is 0.311. The van der Waals surface area contributed by atoms with Crippen molar-refractivity contribution in [1.82, 2.24) is 4.98 Å². The molecular weight excluding hydrogens is 262 g/mol. The van der Waals surface area contributed by atoms with Gasteiger partial charge >= 0.3 is 0 Å². The van der Waals surface area contributed by atoms with Crippen molar-refractivity contribution in [3.63, 3.8) is 0 Å². The summed E-state index contributed by atoms with van der Waals surface area (Å²) in [5, 5.41) is 0.677. The van der Waals surface area contributed by atoms with Crippen LogP contribution in [-0.4, -0.2) is 18.7 Å². The Labute approximate surface area is 116 Å². The Balaban J connectivity index is 2.54. The molecule has 19 heavy (non-hydrogen) atoms. The smallest absolute Gasteiger partial charge is 0.197 e. The number of nitrogens with two attached hydrogens (primary N) is 1. The van der Waals surface area contributed by atoms with Gasteiger partial charge in [-0.05, 0) is 26.0 Å². The van der Waals surface area contributed by atoms with E-state index in [1.165, 1.54) is 11.3 Å². The van der Waals surface area contributed by atoms with E-state index in [1.807, 2.05) is 32.0 Å². The molecule has 0 saturated heterocycles. The molecule has 0 bridgehead atoms. The monoisotopic (exact) mass is 279 g/mol. The third kappa shape index (κ3) is 2.64. The van der Waals surface area contributed by atoms with Crippen LogP contribution in [0, 0.1) is 6.92 Å². The normalized spacial score (nSPS) is 10.3. The summed E-state index contributed by atoms with van der Waals surface area (Å²) < 4.78 is 11.1. The summed E-state index contributed by atoms with van der Waals surface area (Å²) in [6.45, 7) is 4.48. The minimum atomic E-state index is 0.594. The van der Waals surface area contributed by atoms with Gasteiger partial charge < -0.3 is 9.47 Å². The lowest BCUT2D eigenvalue weighted by Crippen LogP contribution is -2.05. The van der Waals surface area contributed by atoms with Gasteiger partial charge in [-0.15, -0.1) is 0 Å². The van der Waals surface area contributed by atoms with Gasteiger partial charge in [0.25, 0.3) is 0 Å². The molecule has 2 aromatic rings. The second-order valence-electron chi connectivity index (χ2n) is 3.85. The minimum absolute atomic E-state index is 0.594. The predicted molar refractivity (Wildman–Crippen MR) is 77.8 cm³/mol. The lowest BCUT2D eigenvalue weighted by atomic mass is 10.1. The van der Waals surface area contributed by atoms with E-state index in [0.29, 0.717) is 11.7 Å². The summed E-state index contributed by atoms with van der Waals surface area (Å²) in [6, 6.07) is 5.82. The molecule has 0 aliphatic carbocycles. The highest BCUT2D eigenvalue weighted by Crippen LogP contribution is 2.42. The molecular formula is C13H17N3O2S. The standard InChI is InChI=1S/C13H17N3O2S/c1-4-18-10-7-5-6-9(11(10)17-3)12-8(2)15-13(16-14)19-12/h5-7H,4,14H2,1-3H3,(H,15,16). The third-order valence-electron chi connectivity index (χ3n) is 2.65. The molecule has 0 radical (unpaired) electrons. The van der Waals surface area contributed by atoms with Gasteiger partial charge in [0.15, 0.2) is 16.6 Å². The first kappa shape index (κ1) is 13.6. The summed E-state index contributed by atoms with van der Waals surface area (Å²) in [4.78, 5) is 5.36. The van der Waals surface area contributed by atoms with Crippen LogP contribution in [0.25, 0.3) is 10.4 Å². The molecule has 0 fully saturated rings. The van der Waals surface area contributed by atoms with Crippen molar-refractivity contribution in [1.29, 1.82) is 0 Å². The number of hydrogen-bond donors (Lipinski definition) is 2. The van der Waals surface area contributed by atoms with Crippen LogP contribution in [0.1, 0.15) is 12.6 Å². The molecule has 5 nitrogen and oxygen atoms in total. The molecule has 102 valence electrons. The zero-order valence-electron chi connectivity index (χ0n) is 11.2. The van der Waals surface area contributed by atoms with Crippen LogP contribution in [0.5, 0.6) is 11.5 Å². The maximum absolute atomic E-state index is 5.58. The molecule has 3 N–H and O–H groups in total. The van der Waals surface area contributed by atoms with Gasteiger partial charge in [0.2, 0.25) is 0 Å². The van der Waals surface area contributed by atoms with Crippen LogP contribution < -0.4 is 20.7 Å². The van der Waals surface area contributed by atoms with Gasteiger partial charge in [-0.2, -0.15) is 0 Å². The number of ether oxygens (including phenoxy) is 2. The first-order valence-corrected chi connectivity index (χ1v) is 6.77. The highest BCUT2D eigenvalue weighted by Gasteiger charge is 2.16. The maximum Gasteiger partial charge on any atom is 0.197 e. The number of methoxy groups -OCH3 is 1. The Bertz CT molecular complexity index is 569. The topological polar surface area (TPSA) is 69.4 Å². The van der Waals surface area contributed by atoms with E-state index >= 15 is 0 Å². The maximum atomic E-state index is 5.58. The number of nitrogens with one attached hydrogen (secondary N) is 1. The first-order chi connectivity index (χ1) is 9.21. The van der Waals surface area contributed by atoms with Crippen molar-refractivity contribution in [2.45, 2.75) is 13.8 Å². The van der Waals surface area contributed by atoms with Gasteiger partial charge in [0, 0.05) is 5.56 Å². The highest BCUT2D eigenvalue weighted by molar-refractivity contribution is 7.19. The summed E-state index contributed by atoms with van der Waals surface area (Å²) in [7, 11) is 1.64. The fourth-order valence-corrected chi connectivity index (χ4v) is 2.78. The second-order valence-corrected chi connectivity index (χ2v) is 4.85. The largest absolute Gasteiger partial charge is 0.492 e. The molecule has 0 amide bonds. The number of nitrogens with zero attached hydrogens (tertiary/aromatic N) is 1. The Kier molecular flexibility index (Phi) is 4.24. The molecule has 2 rings (SSSR count). The number of anilines is 1. The fourth-order valence-electron chi connectivity index (χ4n) is 1.88. The van der Waals surface area contributed by atoms with Gasteiger partial charge in [-0.3, -0.25) is 5.43 Å². The SMILES string of the molecule is CCOc1cccc(-c2sc(NN)nc2C)c1OC.